The third-order valence-electron chi connectivity index (χ3n) is 17.4. The normalized spacial score (nSPS) is 14.1. The van der Waals surface area contributed by atoms with Crippen LogP contribution in [-0.4, -0.2) is 27.6 Å². The molecular formula is C77H52N4Si. The van der Waals surface area contributed by atoms with Gasteiger partial charge in [0.05, 0.1) is 16.7 Å². The lowest BCUT2D eigenvalue weighted by Crippen LogP contribution is -2.75. The highest BCUT2D eigenvalue weighted by Crippen LogP contribution is 2.58. The lowest BCUT2D eigenvalue weighted by molar-refractivity contribution is 0.760. The minimum absolute atomic E-state index is 0.0227. The van der Waals surface area contributed by atoms with Crippen molar-refractivity contribution >= 4 is 50.6 Å². The zero-order valence-corrected chi connectivity index (χ0v) is 45.8. The highest BCUT2D eigenvalue weighted by Gasteiger charge is 2.50. The van der Waals surface area contributed by atoms with Gasteiger partial charge < -0.3 is 4.57 Å². The maximum absolute atomic E-state index is 5.67. The fourth-order valence-electron chi connectivity index (χ4n) is 14.1. The van der Waals surface area contributed by atoms with Crippen LogP contribution in [-0.2, 0) is 0 Å². The number of fused-ring (bicyclic) bond motifs is 3. The minimum atomic E-state index is -3.01. The van der Waals surface area contributed by atoms with E-state index in [1.165, 1.54) is 70.5 Å². The maximum atomic E-state index is 5.67. The quantitative estimate of drug-likeness (QED) is 0.101. The average molecular weight is 1060 g/mol. The van der Waals surface area contributed by atoms with E-state index in [-0.39, 0.29) is 11.8 Å². The molecule has 2 unspecified atom stereocenters. The fourth-order valence-corrected chi connectivity index (χ4v) is 19.2. The summed E-state index contributed by atoms with van der Waals surface area (Å²) in [4.78, 5) is 16.8. The number of para-hydroxylation sites is 3. The SMILES string of the molecule is c1ccc(-c2ccccc2-c2nc(-c3ccccc3-c3cccc4c3C3c5ccccc5C4c4cccc([Si](c5ccccc5)(c5ccccc5)c5ccccc5)c43)nc(-c3ccccc3-n3c4ccccc4c4ccccc43)n2)cc1. The Balaban J connectivity index is 0.948. The van der Waals surface area contributed by atoms with Crippen molar-refractivity contribution in [2.75, 3.05) is 0 Å². The smallest absolute Gasteiger partial charge is 0.179 e. The molecule has 3 aliphatic rings. The van der Waals surface area contributed by atoms with Crippen LogP contribution in [0.3, 0.4) is 0 Å². The molecule has 0 amide bonds. The molecule has 4 nitrogen and oxygen atoms in total. The van der Waals surface area contributed by atoms with Crippen molar-refractivity contribution in [2.24, 2.45) is 0 Å². The Morgan fingerprint density at radius 3 is 1.24 bits per heavy atom. The molecule has 2 bridgehead atoms. The Morgan fingerprint density at radius 2 is 0.659 bits per heavy atom. The van der Waals surface area contributed by atoms with Crippen LogP contribution in [0.15, 0.2) is 303 Å². The van der Waals surface area contributed by atoms with Crippen LogP contribution in [0.4, 0.5) is 0 Å². The largest absolute Gasteiger partial charge is 0.309 e. The van der Waals surface area contributed by atoms with Crippen molar-refractivity contribution in [3.8, 4) is 62.1 Å². The van der Waals surface area contributed by atoms with E-state index in [1.807, 2.05) is 0 Å². The minimum Gasteiger partial charge on any atom is -0.309 e. The summed E-state index contributed by atoms with van der Waals surface area (Å²) >= 11 is 0. The van der Waals surface area contributed by atoms with Crippen molar-refractivity contribution < 1.29 is 0 Å². The highest BCUT2D eigenvalue weighted by atomic mass is 28.3. The van der Waals surface area contributed by atoms with Gasteiger partial charge in [-0.15, -0.1) is 0 Å². The number of aromatic nitrogens is 4. The van der Waals surface area contributed by atoms with Gasteiger partial charge in [-0.1, -0.05) is 279 Å². The molecule has 0 spiro atoms. The van der Waals surface area contributed by atoms with Crippen molar-refractivity contribution in [2.45, 2.75) is 11.8 Å². The van der Waals surface area contributed by atoms with E-state index in [0.717, 1.165) is 50.1 Å². The summed E-state index contributed by atoms with van der Waals surface area (Å²) < 4.78 is 2.37. The van der Waals surface area contributed by atoms with Crippen molar-refractivity contribution in [1.82, 2.24) is 19.5 Å². The molecule has 2 heterocycles. The highest BCUT2D eigenvalue weighted by molar-refractivity contribution is 7.20. The van der Waals surface area contributed by atoms with E-state index < -0.39 is 8.07 Å². The van der Waals surface area contributed by atoms with Crippen LogP contribution >= 0.6 is 0 Å². The molecule has 0 saturated heterocycles. The second-order valence-electron chi connectivity index (χ2n) is 21.6. The summed E-state index contributed by atoms with van der Waals surface area (Å²) in [6, 6.07) is 111. The average Bonchev–Trinajstić information content (AvgIpc) is 1.79. The monoisotopic (exact) mass is 1060 g/mol. The summed E-state index contributed by atoms with van der Waals surface area (Å²) in [5.74, 6) is 1.77. The molecule has 0 N–H and O–H groups in total. The molecule has 2 atom stereocenters. The molecule has 0 fully saturated rings. The Labute approximate surface area is 478 Å². The van der Waals surface area contributed by atoms with E-state index in [2.05, 4.69) is 308 Å². The van der Waals surface area contributed by atoms with E-state index in [4.69, 9.17) is 15.0 Å². The van der Waals surface area contributed by atoms with Gasteiger partial charge in [0.1, 0.15) is 0 Å². The summed E-state index contributed by atoms with van der Waals surface area (Å²) in [6.07, 6.45) is 0. The van der Waals surface area contributed by atoms with Gasteiger partial charge in [0.15, 0.2) is 25.5 Å². The van der Waals surface area contributed by atoms with Crippen LogP contribution < -0.4 is 20.7 Å². The topological polar surface area (TPSA) is 43.6 Å². The first-order chi connectivity index (χ1) is 40.7. The first-order valence-corrected chi connectivity index (χ1v) is 30.3. The third kappa shape index (κ3) is 7.33. The molecule has 17 rings (SSSR count). The summed E-state index contributed by atoms with van der Waals surface area (Å²) in [5.41, 5.74) is 18.7. The van der Waals surface area contributed by atoms with Gasteiger partial charge in [0, 0.05) is 39.3 Å². The summed E-state index contributed by atoms with van der Waals surface area (Å²) in [6.45, 7) is 0. The molecule has 5 heteroatoms. The zero-order chi connectivity index (χ0) is 54.1. The standard InChI is InChI=1S/C77H52N4Si/c1-5-27-51(28-6-1)55-35-13-17-41-62(55)75-78-76(80-77(79-75)64-43-21-24-49-69(64)81-67-47-22-19-37-57(67)58-38-20-23-48-68(58)81)63-42-18-14-36-56(63)59-44-25-45-65-71-60-39-15-16-40-61(60)74(72(59)65)73-66(71)46-26-50-70(73)82(52-29-7-2-8-30-52,53-31-9-3-10-32-53)54-33-11-4-12-34-54/h1-50,71,74H. The molecule has 0 radical (unpaired) electrons. The number of rotatable bonds is 10. The molecule has 0 saturated carbocycles. The van der Waals surface area contributed by atoms with E-state index in [9.17, 15) is 0 Å². The van der Waals surface area contributed by atoms with Gasteiger partial charge in [-0.05, 0) is 101 Å². The second-order valence-corrected chi connectivity index (χ2v) is 25.4. The Hall–Kier alpha value is -10.3. The van der Waals surface area contributed by atoms with Crippen molar-refractivity contribution in [3.63, 3.8) is 0 Å². The lowest BCUT2D eigenvalue weighted by Gasteiger charge is -2.47. The summed E-state index contributed by atoms with van der Waals surface area (Å²) in [5, 5.41) is 7.91. The molecule has 2 aromatic heterocycles. The van der Waals surface area contributed by atoms with Crippen LogP contribution in [0.25, 0.3) is 83.9 Å². The molecule has 3 aliphatic carbocycles. The third-order valence-corrected chi connectivity index (χ3v) is 22.3. The van der Waals surface area contributed by atoms with Gasteiger partial charge >= 0.3 is 0 Å². The van der Waals surface area contributed by atoms with Crippen molar-refractivity contribution in [3.05, 3.63) is 337 Å². The number of hydrogen-bond donors (Lipinski definition) is 0. The Kier molecular flexibility index (Phi) is 11.3. The van der Waals surface area contributed by atoms with Crippen molar-refractivity contribution in [1.29, 1.82) is 0 Å². The van der Waals surface area contributed by atoms with Gasteiger partial charge in [0.2, 0.25) is 0 Å². The predicted octanol–water partition coefficient (Wildman–Crippen LogP) is 15.7. The second kappa shape index (κ2) is 19.5. The zero-order valence-electron chi connectivity index (χ0n) is 44.8. The van der Waals surface area contributed by atoms with E-state index in [1.54, 1.807) is 0 Å². The Bertz CT molecular complexity index is 4610. The van der Waals surface area contributed by atoms with Crippen LogP contribution in [0.5, 0.6) is 0 Å². The van der Waals surface area contributed by atoms with Gasteiger partial charge in [-0.2, -0.15) is 0 Å². The summed E-state index contributed by atoms with van der Waals surface area (Å²) in [7, 11) is -3.01. The number of nitrogens with zero attached hydrogens (tertiary/aromatic N) is 4. The van der Waals surface area contributed by atoms with E-state index in [0.29, 0.717) is 17.5 Å². The molecule has 12 aromatic carbocycles. The Morgan fingerprint density at radius 1 is 0.268 bits per heavy atom. The maximum Gasteiger partial charge on any atom is 0.179 e. The lowest BCUT2D eigenvalue weighted by atomic mass is 9.60. The fraction of sp³-hybridized carbons (Fsp3) is 0.0260. The first kappa shape index (κ1) is 47.6. The molecule has 0 aliphatic heterocycles. The number of benzene rings is 12. The predicted molar refractivity (Wildman–Crippen MR) is 340 cm³/mol. The van der Waals surface area contributed by atoms with E-state index >= 15 is 0 Å². The molecular weight excluding hydrogens is 1010 g/mol. The van der Waals surface area contributed by atoms with Crippen LogP contribution in [0.2, 0.25) is 0 Å². The van der Waals surface area contributed by atoms with Crippen LogP contribution in [0, 0.1) is 0 Å². The van der Waals surface area contributed by atoms with Gasteiger partial charge in [-0.25, -0.2) is 15.0 Å². The number of hydrogen-bond acceptors (Lipinski definition) is 3. The molecule has 82 heavy (non-hydrogen) atoms. The molecule has 14 aromatic rings. The molecule has 384 valence electrons. The first-order valence-electron chi connectivity index (χ1n) is 28.3. The van der Waals surface area contributed by atoms with Crippen LogP contribution in [0.1, 0.15) is 45.2 Å². The van der Waals surface area contributed by atoms with Gasteiger partial charge in [0.25, 0.3) is 0 Å². The van der Waals surface area contributed by atoms with Gasteiger partial charge in [-0.3, -0.25) is 0 Å².